The Balaban J connectivity index is 1.70. The Labute approximate surface area is 388 Å². The van der Waals surface area contributed by atoms with E-state index in [9.17, 15) is 34.2 Å². The Hall–Kier alpha value is -3.33. The number of esters is 1. The molecule has 3 heterocycles. The summed E-state index contributed by atoms with van der Waals surface area (Å²) in [7, 11) is 4.70. The van der Waals surface area contributed by atoms with Gasteiger partial charge in [0.1, 0.15) is 30.1 Å². The van der Waals surface area contributed by atoms with Gasteiger partial charge in [-0.05, 0) is 113 Å². The highest BCUT2D eigenvalue weighted by Gasteiger charge is 2.53. The lowest BCUT2D eigenvalue weighted by Crippen LogP contribution is -2.61. The van der Waals surface area contributed by atoms with Gasteiger partial charge < -0.3 is 38.8 Å². The topological polar surface area (TPSA) is 175 Å². The molecule has 0 spiro atoms. The molecule has 2 N–H and O–H groups in total. The van der Waals surface area contributed by atoms with E-state index in [2.05, 4.69) is 6.92 Å². The number of allylic oxidation sites excluding steroid dienone is 6. The van der Waals surface area contributed by atoms with Crippen molar-refractivity contribution in [3.8, 4) is 0 Å². The van der Waals surface area contributed by atoms with Crippen LogP contribution in [0.15, 0.2) is 47.6 Å². The van der Waals surface area contributed by atoms with Gasteiger partial charge in [-0.25, -0.2) is 4.79 Å². The lowest BCUT2D eigenvalue weighted by Gasteiger charge is -2.42. The van der Waals surface area contributed by atoms with E-state index in [4.69, 9.17) is 23.7 Å². The number of nitrogens with zero attached hydrogens (tertiary/aromatic N) is 1. The standard InChI is InChI=1S/C52H81NO12/c1-31-17-13-12-14-18-32(2)44(62-10)29-40-23-21-38(8)52(60,65-40)49(57)50(58)53-24-16-15-19-41(53)51(59)64-45(35(5)27-39-22-20-33(3)43(28-39)61-9)30-42(54)34(4)26-37(7)47(56)48(63-11)46(55)36(6)25-31/h12-14,17-18,26,31,33-36,38-41,43-45,47-48,56,60H,15-16,19-25,27-30H2,1-11H3/b14-12?,17-13+,32-18?,37-26+/t31-,33-,34-,35-,36+,38-,39+,40+,41+,43-,44+,45+,47-,48+,52-/m1/s1. The second-order valence-electron chi connectivity index (χ2n) is 20.0. The molecule has 2 saturated heterocycles. The number of hydrogen-bond donors (Lipinski definition) is 2. The molecule has 0 radical (unpaired) electrons. The largest absolute Gasteiger partial charge is 0.460 e. The quantitative estimate of drug-likeness (QED) is 0.153. The third-order valence-corrected chi connectivity index (χ3v) is 14.8. The Morgan fingerprint density at radius 1 is 0.846 bits per heavy atom. The van der Waals surface area contributed by atoms with Gasteiger partial charge in [-0.1, -0.05) is 78.0 Å². The second kappa shape index (κ2) is 25.2. The Bertz CT molecular complexity index is 1750. The van der Waals surface area contributed by atoms with Gasteiger partial charge >= 0.3 is 5.97 Å². The molecular weight excluding hydrogens is 831 g/mol. The highest BCUT2D eigenvalue weighted by atomic mass is 16.6. The number of amides is 1. The predicted octanol–water partition coefficient (Wildman–Crippen LogP) is 7.46. The van der Waals surface area contributed by atoms with E-state index in [0.717, 1.165) is 24.8 Å². The molecule has 0 aromatic rings. The third-order valence-electron chi connectivity index (χ3n) is 14.8. The number of rotatable bonds is 6. The van der Waals surface area contributed by atoms with Crippen molar-refractivity contribution < 1.29 is 57.9 Å². The molecule has 0 aromatic heterocycles. The first kappa shape index (κ1) is 54.3. The van der Waals surface area contributed by atoms with Crippen molar-refractivity contribution in [3.05, 3.63) is 47.6 Å². The molecule has 1 aliphatic carbocycles. The predicted molar refractivity (Wildman–Crippen MR) is 248 cm³/mol. The first-order valence-electron chi connectivity index (χ1n) is 24.2. The van der Waals surface area contributed by atoms with Crippen molar-refractivity contribution in [2.75, 3.05) is 27.9 Å². The van der Waals surface area contributed by atoms with Crippen LogP contribution in [0.4, 0.5) is 0 Å². The number of carbonyl (C=O) groups is 5. The molecule has 1 amide bonds. The summed E-state index contributed by atoms with van der Waals surface area (Å²) >= 11 is 0. The summed E-state index contributed by atoms with van der Waals surface area (Å²) in [5.74, 6) is -7.07. The maximum absolute atomic E-state index is 14.4. The van der Waals surface area contributed by atoms with Crippen LogP contribution < -0.4 is 0 Å². The van der Waals surface area contributed by atoms with Gasteiger partial charge in [-0.3, -0.25) is 19.2 Å². The second-order valence-corrected chi connectivity index (χ2v) is 20.0. The molecule has 13 nitrogen and oxygen atoms in total. The van der Waals surface area contributed by atoms with Crippen LogP contribution in [-0.2, 0) is 47.7 Å². The van der Waals surface area contributed by atoms with E-state index >= 15 is 0 Å². The molecule has 2 bridgehead atoms. The summed E-state index contributed by atoms with van der Waals surface area (Å²) in [6.45, 7) is 15.1. The zero-order chi connectivity index (χ0) is 48.2. The minimum Gasteiger partial charge on any atom is -0.460 e. The summed E-state index contributed by atoms with van der Waals surface area (Å²) in [5, 5.41) is 23.4. The normalized spacial score (nSPS) is 39.1. The third kappa shape index (κ3) is 14.3. The summed E-state index contributed by atoms with van der Waals surface area (Å²) in [6, 6.07) is -1.11. The lowest BCUT2D eigenvalue weighted by molar-refractivity contribution is -0.265. The van der Waals surface area contributed by atoms with Crippen LogP contribution in [0.1, 0.15) is 132 Å². The van der Waals surface area contributed by atoms with Crippen molar-refractivity contribution in [1.29, 1.82) is 0 Å². The Morgan fingerprint density at radius 3 is 2.25 bits per heavy atom. The molecule has 15 atom stereocenters. The summed E-state index contributed by atoms with van der Waals surface area (Å²) in [4.78, 5) is 71.9. The van der Waals surface area contributed by atoms with Crippen LogP contribution >= 0.6 is 0 Å². The van der Waals surface area contributed by atoms with Crippen LogP contribution in [0, 0.1) is 41.4 Å². The van der Waals surface area contributed by atoms with Crippen molar-refractivity contribution in [2.45, 2.75) is 181 Å². The number of hydrogen-bond acceptors (Lipinski definition) is 12. The molecule has 4 aliphatic rings. The van der Waals surface area contributed by atoms with Crippen LogP contribution in [0.5, 0.6) is 0 Å². The first-order valence-corrected chi connectivity index (χ1v) is 24.2. The maximum Gasteiger partial charge on any atom is 0.329 e. The van der Waals surface area contributed by atoms with Gasteiger partial charge in [0.25, 0.3) is 11.7 Å². The van der Waals surface area contributed by atoms with E-state index in [-0.39, 0.29) is 54.8 Å². The Kier molecular flexibility index (Phi) is 21.0. The molecule has 13 heteroatoms. The van der Waals surface area contributed by atoms with Crippen molar-refractivity contribution in [1.82, 2.24) is 4.90 Å². The summed E-state index contributed by atoms with van der Waals surface area (Å²) < 4.78 is 29.7. The van der Waals surface area contributed by atoms with Gasteiger partial charge in [-0.15, -0.1) is 0 Å². The highest BCUT2D eigenvalue weighted by molar-refractivity contribution is 6.39. The first-order chi connectivity index (χ1) is 30.7. The maximum atomic E-state index is 14.4. The number of cyclic esters (lactones) is 1. The van der Waals surface area contributed by atoms with Crippen molar-refractivity contribution in [3.63, 3.8) is 0 Å². The molecule has 3 fully saturated rings. The zero-order valence-electron chi connectivity index (χ0n) is 41.2. The number of methoxy groups -OCH3 is 3. The molecular formula is C52H81NO12. The fourth-order valence-corrected chi connectivity index (χ4v) is 10.4. The average Bonchev–Trinajstić information content (AvgIpc) is 3.28. The average molecular weight is 912 g/mol. The van der Waals surface area contributed by atoms with Crippen molar-refractivity contribution >= 4 is 29.2 Å². The number of piperidine rings is 1. The number of fused-ring (bicyclic) bond motifs is 3. The molecule has 1 saturated carbocycles. The number of Topliss-reactive ketones (excluding diaryl/α,β-unsaturated/α-hetero) is 3. The molecule has 366 valence electrons. The minimum atomic E-state index is -2.41. The van der Waals surface area contributed by atoms with Crippen molar-refractivity contribution in [2.24, 2.45) is 41.4 Å². The van der Waals surface area contributed by atoms with Gasteiger partial charge in [0.15, 0.2) is 5.78 Å². The SMILES string of the molecule is CO[C@H]1C[C@@H]2CC[C@@H](C)[C@@](O)(O2)C(=O)C(=O)N2CCCC[C@H]2C(=O)O[C@H]([C@H](C)C[C@@H]2CC[C@@H](C)[C@H](OC)C2)CC(=O)[C@H](C)/C=C(\C)[C@@H](O)[C@@H](OC)C(=O)[C@@H](C)C[C@H](C)/C=C/C=CC=C1C. The van der Waals surface area contributed by atoms with Crippen LogP contribution in [0.2, 0.25) is 0 Å². The fraction of sp³-hybridized carbons (Fsp3) is 0.750. The minimum absolute atomic E-state index is 0.0304. The fourth-order valence-electron chi connectivity index (χ4n) is 10.4. The lowest BCUT2D eigenvalue weighted by atomic mass is 9.76. The number of ether oxygens (including phenoxy) is 5. The highest BCUT2D eigenvalue weighted by Crippen LogP contribution is 2.38. The number of ketones is 3. The van der Waals surface area contributed by atoms with Crippen LogP contribution in [0.25, 0.3) is 0 Å². The molecule has 4 rings (SSSR count). The monoisotopic (exact) mass is 912 g/mol. The molecule has 65 heavy (non-hydrogen) atoms. The van der Waals surface area contributed by atoms with Gasteiger partial charge in [0, 0.05) is 58.5 Å². The smallest absolute Gasteiger partial charge is 0.329 e. The molecule has 3 aliphatic heterocycles. The summed E-state index contributed by atoms with van der Waals surface area (Å²) in [5.41, 5.74) is 1.30. The molecule has 0 unspecified atom stereocenters. The Morgan fingerprint density at radius 2 is 1.57 bits per heavy atom. The van der Waals surface area contributed by atoms with E-state index < -0.39 is 77.8 Å². The van der Waals surface area contributed by atoms with Crippen LogP contribution in [0.3, 0.4) is 0 Å². The van der Waals surface area contributed by atoms with Gasteiger partial charge in [-0.2, -0.15) is 0 Å². The number of aliphatic hydroxyl groups is 2. The van der Waals surface area contributed by atoms with Gasteiger partial charge in [0.05, 0.1) is 18.3 Å². The zero-order valence-corrected chi connectivity index (χ0v) is 41.2. The van der Waals surface area contributed by atoms with E-state index in [1.165, 1.54) is 12.0 Å². The van der Waals surface area contributed by atoms with Crippen LogP contribution in [-0.4, -0.2) is 121 Å². The van der Waals surface area contributed by atoms with E-state index in [0.29, 0.717) is 56.4 Å². The van der Waals surface area contributed by atoms with Gasteiger partial charge in [0.2, 0.25) is 5.79 Å². The van der Waals surface area contributed by atoms with E-state index in [1.54, 1.807) is 41.1 Å². The molecule has 0 aromatic carbocycles. The summed E-state index contributed by atoms with van der Waals surface area (Å²) in [6.07, 6.45) is 13.6. The number of aliphatic hydroxyl groups excluding tert-OH is 1. The van der Waals surface area contributed by atoms with E-state index in [1.807, 2.05) is 58.1 Å². The number of carbonyl (C=O) groups excluding carboxylic acids is 5.